The smallest absolute Gasteiger partial charge is 0.354 e. The molecule has 0 spiro atoms. The van der Waals surface area contributed by atoms with Crippen molar-refractivity contribution in [3.8, 4) is 0 Å². The lowest BCUT2D eigenvalue weighted by molar-refractivity contribution is -0.777. The minimum atomic E-state index is -3.57. The second kappa shape index (κ2) is 7.16. The van der Waals surface area contributed by atoms with Crippen LogP contribution in [-0.2, 0) is 18.9 Å². The third-order valence-corrected chi connectivity index (χ3v) is 6.81. The average Bonchev–Trinajstić information content (AvgIpc) is 2.55. The third-order valence-electron chi connectivity index (χ3n) is 6.33. The SMILES string of the molecule is CC(C)CC1(O)C2CC3CC1CC(C(=O)OCC(F)(F)SOO[O-])(C3)C2. The summed E-state index contributed by atoms with van der Waals surface area (Å²) in [6.45, 7) is 2.96. The molecule has 4 bridgehead atoms. The van der Waals surface area contributed by atoms with Gasteiger partial charge in [-0.3, -0.25) is 9.83 Å². The summed E-state index contributed by atoms with van der Waals surface area (Å²) in [6, 6.07) is 0. The number of carbonyl (C=O) groups is 1. The Morgan fingerprint density at radius 3 is 2.46 bits per heavy atom. The maximum absolute atomic E-state index is 13.5. The van der Waals surface area contributed by atoms with E-state index in [4.69, 9.17) is 4.74 Å². The molecule has 0 aliphatic heterocycles. The lowest BCUT2D eigenvalue weighted by Crippen LogP contribution is -2.63. The summed E-state index contributed by atoms with van der Waals surface area (Å²) < 4.78 is 35.6. The van der Waals surface area contributed by atoms with Crippen LogP contribution in [0.4, 0.5) is 8.78 Å². The minimum absolute atomic E-state index is 0.00998. The standard InChI is InChI=1S/C17H26F2O6S/c1-10(2)5-16(21)12-3-11-4-13(16)8-15(6-11,7-12)14(20)23-9-17(18,19)26-25-24-22/h10-13,21-22H,3-9H2,1-2H3/p-1. The zero-order valence-corrected chi connectivity index (χ0v) is 15.7. The Labute approximate surface area is 155 Å². The van der Waals surface area contributed by atoms with Gasteiger partial charge in [-0.2, -0.15) is 13.1 Å². The van der Waals surface area contributed by atoms with Crippen LogP contribution in [0.3, 0.4) is 0 Å². The van der Waals surface area contributed by atoms with Crippen molar-refractivity contribution in [2.24, 2.45) is 29.1 Å². The van der Waals surface area contributed by atoms with E-state index in [1.807, 2.05) is 0 Å². The molecule has 4 fully saturated rings. The van der Waals surface area contributed by atoms with Gasteiger partial charge in [-0.1, -0.05) is 13.8 Å². The van der Waals surface area contributed by atoms with E-state index >= 15 is 0 Å². The van der Waals surface area contributed by atoms with Gasteiger partial charge in [0.1, 0.15) is 12.0 Å². The zero-order valence-electron chi connectivity index (χ0n) is 14.9. The first-order valence-corrected chi connectivity index (χ1v) is 9.76. The summed E-state index contributed by atoms with van der Waals surface area (Å²) >= 11 is -0.481. The molecule has 0 aromatic rings. The fourth-order valence-corrected chi connectivity index (χ4v) is 5.94. The lowest BCUT2D eigenvalue weighted by atomic mass is 9.43. The molecule has 2 atom stereocenters. The molecule has 0 aromatic heterocycles. The van der Waals surface area contributed by atoms with E-state index in [2.05, 4.69) is 23.2 Å². The molecule has 0 radical (unpaired) electrons. The van der Waals surface area contributed by atoms with Crippen LogP contribution in [-0.4, -0.2) is 28.5 Å². The van der Waals surface area contributed by atoms with E-state index < -0.39 is 40.9 Å². The quantitative estimate of drug-likeness (QED) is 0.292. The van der Waals surface area contributed by atoms with Crippen LogP contribution in [0, 0.1) is 29.1 Å². The molecular weight excluding hydrogens is 370 g/mol. The number of hydrogen-bond acceptors (Lipinski definition) is 7. The van der Waals surface area contributed by atoms with E-state index in [1.165, 1.54) is 0 Å². The molecule has 150 valence electrons. The molecule has 6 nitrogen and oxygen atoms in total. The van der Waals surface area contributed by atoms with Crippen LogP contribution < -0.4 is 5.26 Å². The number of rotatable bonds is 8. The van der Waals surface area contributed by atoms with Gasteiger partial charge in [-0.25, -0.2) is 0 Å². The van der Waals surface area contributed by atoms with E-state index in [0.29, 0.717) is 37.5 Å². The van der Waals surface area contributed by atoms with Gasteiger partial charge in [-0.05, 0) is 62.2 Å². The Hall–Kier alpha value is -0.480. The number of alkyl halides is 2. The number of halogens is 2. The van der Waals surface area contributed by atoms with Gasteiger partial charge in [0.2, 0.25) is 0 Å². The fraction of sp³-hybridized carbons (Fsp3) is 0.941. The second-order valence-electron chi connectivity index (χ2n) is 8.65. The molecule has 4 rings (SSSR count). The maximum atomic E-state index is 13.5. The summed E-state index contributed by atoms with van der Waals surface area (Å²) in [5, 5.41) is 20.3. The number of aliphatic hydroxyl groups is 1. The Kier molecular flexibility index (Phi) is 5.58. The van der Waals surface area contributed by atoms with Gasteiger partial charge in [-0.15, -0.1) is 0 Å². The number of hydrogen-bond donors (Lipinski definition) is 1. The van der Waals surface area contributed by atoms with Gasteiger partial charge < -0.3 is 15.1 Å². The van der Waals surface area contributed by atoms with Gasteiger partial charge in [0.15, 0.2) is 6.61 Å². The predicted octanol–water partition coefficient (Wildman–Crippen LogP) is 2.60. The number of ether oxygens (including phenoxy) is 1. The molecule has 0 saturated heterocycles. The molecule has 9 heteroatoms. The summed E-state index contributed by atoms with van der Waals surface area (Å²) in [4.78, 5) is 12.7. The van der Waals surface area contributed by atoms with Crippen LogP contribution in [0.15, 0.2) is 0 Å². The van der Waals surface area contributed by atoms with Crippen LogP contribution >= 0.6 is 12.0 Å². The van der Waals surface area contributed by atoms with Crippen LogP contribution in [0.2, 0.25) is 0 Å². The molecule has 1 N–H and O–H groups in total. The van der Waals surface area contributed by atoms with E-state index in [0.717, 1.165) is 12.8 Å². The monoisotopic (exact) mass is 395 g/mol. The number of carbonyl (C=O) groups excluding carboxylic acids is 1. The number of esters is 1. The summed E-state index contributed by atoms with van der Waals surface area (Å²) in [6.07, 6.45) is 4.07. The average molecular weight is 395 g/mol. The topological polar surface area (TPSA) is 88.1 Å². The highest BCUT2D eigenvalue weighted by Gasteiger charge is 2.64. The molecule has 0 heterocycles. The third kappa shape index (κ3) is 3.73. The minimum Gasteiger partial charge on any atom is -0.691 e. The summed E-state index contributed by atoms with van der Waals surface area (Å²) in [5.74, 6) is 0.0670. The first kappa shape index (κ1) is 20.3. The molecule has 0 amide bonds. The van der Waals surface area contributed by atoms with Crippen molar-refractivity contribution in [2.75, 3.05) is 6.61 Å². The van der Waals surface area contributed by atoms with Crippen molar-refractivity contribution in [1.82, 2.24) is 0 Å². The highest BCUT2D eigenvalue weighted by molar-refractivity contribution is 7.95. The van der Waals surface area contributed by atoms with Crippen LogP contribution in [0.25, 0.3) is 0 Å². The molecule has 2 unspecified atom stereocenters. The van der Waals surface area contributed by atoms with Crippen molar-refractivity contribution >= 4 is 18.0 Å². The lowest BCUT2D eigenvalue weighted by Gasteiger charge is -2.62. The van der Waals surface area contributed by atoms with E-state index in [1.54, 1.807) is 0 Å². The second-order valence-corrected chi connectivity index (χ2v) is 9.55. The van der Waals surface area contributed by atoms with Gasteiger partial charge in [0.25, 0.3) is 0 Å². The van der Waals surface area contributed by atoms with Gasteiger partial charge in [0.05, 0.1) is 11.0 Å². The van der Waals surface area contributed by atoms with Gasteiger partial charge >= 0.3 is 11.2 Å². The normalized spacial score (nSPS) is 38.8. The Balaban J connectivity index is 1.67. The van der Waals surface area contributed by atoms with Crippen LogP contribution in [0.5, 0.6) is 0 Å². The van der Waals surface area contributed by atoms with Crippen molar-refractivity contribution in [2.45, 2.75) is 63.2 Å². The van der Waals surface area contributed by atoms with E-state index in [-0.39, 0.29) is 11.8 Å². The van der Waals surface area contributed by atoms with Crippen molar-refractivity contribution in [1.29, 1.82) is 0 Å². The first-order valence-electron chi connectivity index (χ1n) is 9.02. The highest BCUT2D eigenvalue weighted by Crippen LogP contribution is 2.65. The summed E-state index contributed by atoms with van der Waals surface area (Å²) in [5.41, 5.74) is -1.55. The van der Waals surface area contributed by atoms with Crippen molar-refractivity contribution < 1.29 is 38.0 Å². The largest absolute Gasteiger partial charge is 0.691 e. The van der Waals surface area contributed by atoms with E-state index in [9.17, 15) is 23.9 Å². The van der Waals surface area contributed by atoms with Crippen molar-refractivity contribution in [3.63, 3.8) is 0 Å². The summed E-state index contributed by atoms with van der Waals surface area (Å²) in [7, 11) is 0. The zero-order chi connectivity index (χ0) is 19.2. The first-order chi connectivity index (χ1) is 12.1. The molecule has 26 heavy (non-hydrogen) atoms. The predicted molar refractivity (Wildman–Crippen MR) is 86.1 cm³/mol. The molecule has 4 aliphatic carbocycles. The van der Waals surface area contributed by atoms with Crippen LogP contribution in [0.1, 0.15) is 52.4 Å². The van der Waals surface area contributed by atoms with Gasteiger partial charge in [0, 0.05) is 0 Å². The molecule has 4 aliphatic rings. The maximum Gasteiger partial charge on any atom is 0.354 e. The fourth-order valence-electron chi connectivity index (χ4n) is 5.70. The molecule has 0 aromatic carbocycles. The Morgan fingerprint density at radius 1 is 1.31 bits per heavy atom. The highest BCUT2D eigenvalue weighted by atomic mass is 32.2. The Bertz CT molecular complexity index is 527. The molecular formula is C17H25F2O6S-. The van der Waals surface area contributed by atoms with Crippen molar-refractivity contribution in [3.05, 3.63) is 0 Å². The molecule has 4 saturated carbocycles. The Morgan fingerprint density at radius 2 is 1.92 bits per heavy atom.